The zero-order chi connectivity index (χ0) is 10.8. The Morgan fingerprint density at radius 2 is 2.20 bits per heavy atom. The first kappa shape index (κ1) is 10.6. The van der Waals surface area contributed by atoms with Crippen LogP contribution in [0.25, 0.3) is 11.0 Å². The van der Waals surface area contributed by atoms with E-state index in [4.69, 9.17) is 0 Å². The van der Waals surface area contributed by atoms with E-state index in [-0.39, 0.29) is 0 Å². The average Bonchev–Trinajstić information content (AvgIpc) is 2.54. The van der Waals surface area contributed by atoms with Gasteiger partial charge >= 0.3 is 0 Å². The molecule has 0 spiro atoms. The molecule has 1 heterocycles. The summed E-state index contributed by atoms with van der Waals surface area (Å²) in [6.45, 7) is 5.23. The number of benzene rings is 1. The number of rotatable bonds is 3. The van der Waals surface area contributed by atoms with Crippen molar-refractivity contribution in [1.29, 1.82) is 0 Å². The van der Waals surface area contributed by atoms with Crippen molar-refractivity contribution in [3.8, 4) is 0 Å². The Balaban J connectivity index is 2.62. The minimum Gasteiger partial charge on any atom is -0.328 e. The molecule has 2 rings (SSSR count). The van der Waals surface area contributed by atoms with E-state index in [1.807, 2.05) is 0 Å². The second kappa shape index (κ2) is 4.27. The van der Waals surface area contributed by atoms with Gasteiger partial charge in [-0.05, 0) is 37.3 Å². The topological polar surface area (TPSA) is 17.8 Å². The quantitative estimate of drug-likeness (QED) is 0.787. The Morgan fingerprint density at radius 3 is 2.87 bits per heavy atom. The lowest BCUT2D eigenvalue weighted by Crippen LogP contribution is -2.02. The van der Waals surface area contributed by atoms with Crippen molar-refractivity contribution in [2.45, 2.75) is 26.8 Å². The maximum Gasteiger partial charge on any atom is 0.110 e. The van der Waals surface area contributed by atoms with Crippen molar-refractivity contribution in [2.75, 3.05) is 5.75 Å². The van der Waals surface area contributed by atoms with Gasteiger partial charge in [-0.15, -0.1) is 0 Å². The fraction of sp³-hybridized carbons (Fsp3) is 0.417. The second-order valence-corrected chi connectivity index (χ2v) is 4.19. The summed E-state index contributed by atoms with van der Waals surface area (Å²) in [5, 5.41) is 0. The zero-order valence-corrected chi connectivity index (χ0v) is 10.1. The summed E-state index contributed by atoms with van der Waals surface area (Å²) >= 11 is 4.27. The van der Waals surface area contributed by atoms with Gasteiger partial charge in [0.1, 0.15) is 5.82 Å². The molecular weight excluding hydrogens is 204 g/mol. The van der Waals surface area contributed by atoms with Gasteiger partial charge in [0.2, 0.25) is 0 Å². The highest BCUT2D eigenvalue weighted by Gasteiger charge is 2.08. The number of aromatic nitrogens is 2. The van der Waals surface area contributed by atoms with E-state index in [1.165, 1.54) is 11.1 Å². The molecule has 15 heavy (non-hydrogen) atoms. The number of imidazole rings is 1. The van der Waals surface area contributed by atoms with Gasteiger partial charge in [0.25, 0.3) is 0 Å². The summed E-state index contributed by atoms with van der Waals surface area (Å²) in [4.78, 5) is 4.65. The number of hydrogen-bond donors (Lipinski definition) is 1. The Labute approximate surface area is 95.7 Å². The van der Waals surface area contributed by atoms with E-state index in [1.54, 1.807) is 0 Å². The van der Waals surface area contributed by atoms with Crippen LogP contribution < -0.4 is 0 Å². The maximum absolute atomic E-state index is 4.65. The van der Waals surface area contributed by atoms with Gasteiger partial charge in [0.15, 0.2) is 0 Å². The molecule has 0 radical (unpaired) electrons. The molecule has 0 fully saturated rings. The molecule has 0 amide bonds. The van der Waals surface area contributed by atoms with Crippen LogP contribution in [0.3, 0.4) is 0 Å². The molecule has 0 aliphatic carbocycles. The largest absolute Gasteiger partial charge is 0.328 e. The third kappa shape index (κ3) is 1.88. The molecule has 0 unspecified atom stereocenters. The summed E-state index contributed by atoms with van der Waals surface area (Å²) in [6.07, 6.45) is 0.935. The Hall–Kier alpha value is -0.960. The van der Waals surface area contributed by atoms with Crippen molar-refractivity contribution in [1.82, 2.24) is 9.55 Å². The minimum atomic E-state index is 0.850. The molecule has 80 valence electrons. The molecule has 0 aliphatic rings. The predicted molar refractivity (Wildman–Crippen MR) is 67.7 cm³/mol. The Morgan fingerprint density at radius 1 is 1.40 bits per heavy atom. The lowest BCUT2D eigenvalue weighted by molar-refractivity contribution is 0.728. The van der Waals surface area contributed by atoms with E-state index in [9.17, 15) is 0 Å². The third-order valence-corrected chi connectivity index (χ3v) is 2.86. The Kier molecular flexibility index (Phi) is 3.00. The van der Waals surface area contributed by atoms with Gasteiger partial charge < -0.3 is 4.57 Å². The van der Waals surface area contributed by atoms with Gasteiger partial charge in [0.05, 0.1) is 11.0 Å². The van der Waals surface area contributed by atoms with Crippen molar-refractivity contribution < 1.29 is 0 Å². The van der Waals surface area contributed by atoms with Crippen LogP contribution in [0.1, 0.15) is 18.3 Å². The SMILES string of the molecule is CCn1c(CCS)nc2cc(C)ccc21. The first-order valence-corrected chi connectivity index (χ1v) is 5.96. The standard InChI is InChI=1S/C12H16N2S/c1-3-14-11-5-4-9(2)8-10(11)13-12(14)6-7-15/h4-5,8,15H,3,6-7H2,1-2H3. The summed E-state index contributed by atoms with van der Waals surface area (Å²) in [5.74, 6) is 2.00. The number of fused-ring (bicyclic) bond motifs is 1. The first-order chi connectivity index (χ1) is 7.26. The predicted octanol–water partition coefficient (Wildman–Crippen LogP) is 2.84. The molecule has 1 aromatic heterocycles. The van der Waals surface area contributed by atoms with Crippen LogP contribution in [0.2, 0.25) is 0 Å². The molecule has 0 N–H and O–H groups in total. The third-order valence-electron chi connectivity index (χ3n) is 2.63. The van der Waals surface area contributed by atoms with Crippen molar-refractivity contribution in [2.24, 2.45) is 0 Å². The molecular formula is C12H16N2S. The lowest BCUT2D eigenvalue weighted by Gasteiger charge is -2.04. The summed E-state index contributed by atoms with van der Waals surface area (Å²) in [6, 6.07) is 6.44. The van der Waals surface area contributed by atoms with Crippen LogP contribution in [0.5, 0.6) is 0 Å². The highest BCUT2D eigenvalue weighted by molar-refractivity contribution is 7.80. The fourth-order valence-electron chi connectivity index (χ4n) is 1.93. The maximum atomic E-state index is 4.65. The molecule has 3 heteroatoms. The number of aryl methyl sites for hydroxylation is 3. The van der Waals surface area contributed by atoms with Gasteiger partial charge in [-0.1, -0.05) is 6.07 Å². The van der Waals surface area contributed by atoms with Gasteiger partial charge in [0, 0.05) is 13.0 Å². The van der Waals surface area contributed by atoms with Crippen molar-refractivity contribution in [3.05, 3.63) is 29.6 Å². The van der Waals surface area contributed by atoms with Crippen molar-refractivity contribution in [3.63, 3.8) is 0 Å². The Bertz CT molecular complexity index is 474. The first-order valence-electron chi connectivity index (χ1n) is 5.33. The highest BCUT2D eigenvalue weighted by atomic mass is 32.1. The van der Waals surface area contributed by atoms with E-state index in [0.29, 0.717) is 0 Å². The molecule has 2 aromatic rings. The number of thiol groups is 1. The van der Waals surface area contributed by atoms with E-state index in [0.717, 1.165) is 30.1 Å². The van der Waals surface area contributed by atoms with E-state index < -0.39 is 0 Å². The molecule has 0 saturated carbocycles. The molecule has 0 saturated heterocycles. The van der Waals surface area contributed by atoms with Crippen LogP contribution >= 0.6 is 12.6 Å². The summed E-state index contributed by atoms with van der Waals surface area (Å²) in [7, 11) is 0. The highest BCUT2D eigenvalue weighted by Crippen LogP contribution is 2.18. The molecule has 0 aliphatic heterocycles. The van der Waals surface area contributed by atoms with E-state index >= 15 is 0 Å². The number of hydrogen-bond acceptors (Lipinski definition) is 2. The molecule has 0 bridgehead atoms. The number of nitrogens with zero attached hydrogens (tertiary/aromatic N) is 2. The zero-order valence-electron chi connectivity index (χ0n) is 9.20. The minimum absolute atomic E-state index is 0.850. The van der Waals surface area contributed by atoms with Gasteiger partial charge in [-0.2, -0.15) is 12.6 Å². The summed E-state index contributed by atoms with van der Waals surface area (Å²) < 4.78 is 2.27. The van der Waals surface area contributed by atoms with Crippen LogP contribution in [-0.4, -0.2) is 15.3 Å². The van der Waals surface area contributed by atoms with E-state index in [2.05, 4.69) is 54.2 Å². The average molecular weight is 220 g/mol. The van der Waals surface area contributed by atoms with Crippen LogP contribution in [0.15, 0.2) is 18.2 Å². The monoisotopic (exact) mass is 220 g/mol. The lowest BCUT2D eigenvalue weighted by atomic mass is 10.2. The normalized spacial score (nSPS) is 11.1. The molecule has 1 aromatic carbocycles. The fourth-order valence-corrected chi connectivity index (χ4v) is 2.13. The summed E-state index contributed by atoms with van der Waals surface area (Å²) in [5.41, 5.74) is 3.61. The molecule has 2 nitrogen and oxygen atoms in total. The van der Waals surface area contributed by atoms with Gasteiger partial charge in [-0.3, -0.25) is 0 Å². The van der Waals surface area contributed by atoms with Gasteiger partial charge in [-0.25, -0.2) is 4.98 Å². The second-order valence-electron chi connectivity index (χ2n) is 3.74. The smallest absolute Gasteiger partial charge is 0.110 e. The van der Waals surface area contributed by atoms with Crippen LogP contribution in [0, 0.1) is 6.92 Å². The van der Waals surface area contributed by atoms with Crippen LogP contribution in [-0.2, 0) is 13.0 Å². The van der Waals surface area contributed by atoms with Crippen LogP contribution in [0.4, 0.5) is 0 Å². The molecule has 0 atom stereocenters. The van der Waals surface area contributed by atoms with Crippen molar-refractivity contribution >= 4 is 23.7 Å².